The Bertz CT molecular complexity index is 339. The molecule has 0 saturated carbocycles. The van der Waals surface area contributed by atoms with Crippen LogP contribution in [0.3, 0.4) is 0 Å². The zero-order valence-electron chi connectivity index (χ0n) is 12.9. The van der Waals surface area contributed by atoms with Crippen LogP contribution in [-0.4, -0.2) is 90.9 Å². The van der Waals surface area contributed by atoms with Crippen LogP contribution in [-0.2, 0) is 9.59 Å². The number of hydrogen-bond donors (Lipinski definition) is 1. The molecule has 1 atom stereocenters. The molecule has 1 saturated heterocycles. The number of carbonyl (C=O) groups excluding carboxylic acids is 1. The number of carboxylic acids is 1. The van der Waals surface area contributed by atoms with E-state index in [9.17, 15) is 14.1 Å². The Labute approximate surface area is 162 Å². The van der Waals surface area contributed by atoms with Gasteiger partial charge < -0.3 is 10.0 Å². The third-order valence-electron chi connectivity index (χ3n) is 3.89. The summed E-state index contributed by atoms with van der Waals surface area (Å²) in [7, 11) is 0. The number of nitrogens with zero attached hydrogens (tertiary/aromatic N) is 2. The van der Waals surface area contributed by atoms with Gasteiger partial charge in [0.15, 0.2) is 0 Å². The summed E-state index contributed by atoms with van der Waals surface area (Å²) in [6.07, 6.45) is 5.32. The molecule has 1 N–H and O–H groups in total. The number of carboxylic acid groups (broad SMARTS) is 1. The molecule has 5 nitrogen and oxygen atoms in total. The van der Waals surface area contributed by atoms with Gasteiger partial charge in [-0.05, 0) is 38.8 Å². The van der Waals surface area contributed by atoms with Crippen molar-refractivity contribution in [3.63, 3.8) is 0 Å². The van der Waals surface area contributed by atoms with E-state index in [0.29, 0.717) is 30.9 Å². The predicted octanol–water partition coefficient (Wildman–Crippen LogP) is 1.55. The SMILES string of the molecule is CC(CN1CCCCC1)C(=O)N(F)CCCCCC(=O)O.[CaH2]. The van der Waals surface area contributed by atoms with Crippen molar-refractivity contribution in [2.24, 2.45) is 5.92 Å². The molecule has 1 rings (SSSR count). The first-order chi connectivity index (χ1) is 10.0. The summed E-state index contributed by atoms with van der Waals surface area (Å²) >= 11 is 0. The van der Waals surface area contributed by atoms with Crippen LogP contribution >= 0.6 is 0 Å². The van der Waals surface area contributed by atoms with Crippen LogP contribution in [0.1, 0.15) is 51.9 Å². The third-order valence-corrected chi connectivity index (χ3v) is 3.89. The first-order valence-corrected chi connectivity index (χ1v) is 7.92. The van der Waals surface area contributed by atoms with Crippen LogP contribution in [0.2, 0.25) is 0 Å². The number of amides is 1. The Kier molecular flexibility index (Phi) is 12.6. The molecular formula is C15H29CaFN2O3. The van der Waals surface area contributed by atoms with Crippen molar-refractivity contribution in [1.29, 1.82) is 0 Å². The predicted molar refractivity (Wildman–Crippen MR) is 86.9 cm³/mol. The first kappa shape index (κ1) is 22.1. The summed E-state index contributed by atoms with van der Waals surface area (Å²) in [4.78, 5) is 24.5. The van der Waals surface area contributed by atoms with Crippen LogP contribution < -0.4 is 0 Å². The van der Waals surface area contributed by atoms with Crippen molar-refractivity contribution in [2.75, 3.05) is 26.2 Å². The minimum absolute atomic E-state index is 0. The molecular weight excluding hydrogens is 315 g/mol. The van der Waals surface area contributed by atoms with E-state index in [1.807, 2.05) is 0 Å². The van der Waals surface area contributed by atoms with Crippen LogP contribution in [0.15, 0.2) is 0 Å². The number of carbonyl (C=O) groups is 2. The van der Waals surface area contributed by atoms with E-state index in [0.717, 1.165) is 25.9 Å². The number of hydrogen-bond acceptors (Lipinski definition) is 3. The van der Waals surface area contributed by atoms with Gasteiger partial charge in [-0.15, -0.1) is 0 Å². The van der Waals surface area contributed by atoms with Crippen molar-refractivity contribution in [2.45, 2.75) is 51.9 Å². The molecule has 1 amide bonds. The molecule has 0 spiro atoms. The average Bonchev–Trinajstić information content (AvgIpc) is 2.46. The average molecular weight is 344 g/mol. The van der Waals surface area contributed by atoms with Crippen molar-refractivity contribution in [3.8, 4) is 0 Å². The van der Waals surface area contributed by atoms with E-state index < -0.39 is 11.9 Å². The third kappa shape index (κ3) is 9.28. The monoisotopic (exact) mass is 344 g/mol. The van der Waals surface area contributed by atoms with E-state index in [-0.39, 0.29) is 56.6 Å². The van der Waals surface area contributed by atoms with Gasteiger partial charge in [0.2, 0.25) is 0 Å². The van der Waals surface area contributed by atoms with Crippen LogP contribution in [0, 0.1) is 5.92 Å². The van der Waals surface area contributed by atoms with Gasteiger partial charge in [0.05, 0.1) is 12.5 Å². The minimum atomic E-state index is -0.835. The molecule has 7 heteroatoms. The number of unbranched alkanes of at least 4 members (excludes halogenated alkanes) is 2. The number of halogens is 1. The molecule has 126 valence electrons. The summed E-state index contributed by atoms with van der Waals surface area (Å²) in [6.45, 7) is 4.45. The Balaban J connectivity index is 0.00000441. The van der Waals surface area contributed by atoms with Crippen LogP contribution in [0.4, 0.5) is 4.48 Å². The van der Waals surface area contributed by atoms with Crippen molar-refractivity contribution < 1.29 is 19.2 Å². The first-order valence-electron chi connectivity index (χ1n) is 7.92. The zero-order valence-corrected chi connectivity index (χ0v) is 12.9. The van der Waals surface area contributed by atoms with Gasteiger partial charge in [-0.2, -0.15) is 5.12 Å². The second-order valence-electron chi connectivity index (χ2n) is 5.89. The second kappa shape index (κ2) is 12.5. The molecule has 0 aliphatic carbocycles. The molecule has 0 aromatic carbocycles. The molecule has 0 aromatic rings. The normalized spacial score (nSPS) is 16.6. The number of likely N-dealkylation sites (tertiary alicyclic amines) is 1. The summed E-state index contributed by atoms with van der Waals surface area (Å²) < 4.78 is 13.7. The van der Waals surface area contributed by atoms with Gasteiger partial charge in [0.1, 0.15) is 0 Å². The second-order valence-corrected chi connectivity index (χ2v) is 5.89. The van der Waals surface area contributed by atoms with E-state index >= 15 is 0 Å². The number of rotatable bonds is 9. The Hall–Kier alpha value is 0.0897. The van der Waals surface area contributed by atoms with E-state index in [1.165, 1.54) is 6.42 Å². The van der Waals surface area contributed by atoms with Crippen LogP contribution in [0.25, 0.3) is 0 Å². The van der Waals surface area contributed by atoms with Gasteiger partial charge in [-0.25, -0.2) is 0 Å². The maximum atomic E-state index is 13.7. The molecule has 1 aliphatic rings. The zero-order chi connectivity index (χ0) is 15.7. The summed E-state index contributed by atoms with van der Waals surface area (Å²) in [5.74, 6) is -1.62. The number of aliphatic carboxylic acids is 1. The van der Waals surface area contributed by atoms with E-state index in [4.69, 9.17) is 5.11 Å². The molecule has 1 unspecified atom stereocenters. The van der Waals surface area contributed by atoms with Gasteiger partial charge in [0.25, 0.3) is 5.91 Å². The molecule has 1 heterocycles. The number of piperidine rings is 1. The van der Waals surface area contributed by atoms with Gasteiger partial charge in [-0.1, -0.05) is 24.2 Å². The molecule has 1 aliphatic heterocycles. The summed E-state index contributed by atoms with van der Waals surface area (Å²) in [6, 6.07) is 0. The van der Waals surface area contributed by atoms with Crippen LogP contribution in [0.5, 0.6) is 0 Å². The van der Waals surface area contributed by atoms with Crippen molar-refractivity contribution in [1.82, 2.24) is 10.0 Å². The Morgan fingerprint density at radius 2 is 1.82 bits per heavy atom. The summed E-state index contributed by atoms with van der Waals surface area (Å²) in [5.41, 5.74) is 0. The quantitative estimate of drug-likeness (QED) is 0.392. The Morgan fingerprint density at radius 3 is 2.41 bits per heavy atom. The van der Waals surface area contributed by atoms with Gasteiger partial charge in [-0.3, -0.25) is 9.59 Å². The topological polar surface area (TPSA) is 60.9 Å². The molecule has 0 aromatic heterocycles. The van der Waals surface area contributed by atoms with Crippen molar-refractivity contribution >= 4 is 49.6 Å². The van der Waals surface area contributed by atoms with Gasteiger partial charge in [0, 0.05) is 13.0 Å². The fourth-order valence-electron chi connectivity index (χ4n) is 2.66. The fraction of sp³-hybridized carbons (Fsp3) is 0.867. The molecule has 0 radical (unpaired) electrons. The van der Waals surface area contributed by atoms with E-state index in [1.54, 1.807) is 6.92 Å². The Morgan fingerprint density at radius 1 is 1.18 bits per heavy atom. The maximum absolute atomic E-state index is 13.7. The standard InChI is InChI=1S/C15H27FN2O3.Ca.2H/c1-13(12-17-9-5-3-6-10-17)15(21)18(16)11-7-2-4-8-14(19)20;;;/h13H,2-12H2,1H3,(H,19,20);;;. The summed E-state index contributed by atoms with van der Waals surface area (Å²) in [5, 5.41) is 8.80. The molecule has 0 bridgehead atoms. The molecule has 22 heavy (non-hydrogen) atoms. The van der Waals surface area contributed by atoms with Crippen molar-refractivity contribution in [3.05, 3.63) is 0 Å². The van der Waals surface area contributed by atoms with E-state index in [2.05, 4.69) is 4.90 Å². The molecule has 1 fully saturated rings. The fourth-order valence-corrected chi connectivity index (χ4v) is 2.66. The van der Waals surface area contributed by atoms with Gasteiger partial charge >= 0.3 is 43.7 Å².